The van der Waals surface area contributed by atoms with E-state index in [9.17, 15) is 4.79 Å². The largest absolute Gasteiger partial charge is 0.342 e. The van der Waals surface area contributed by atoms with Gasteiger partial charge in [-0.05, 0) is 26.0 Å². The summed E-state index contributed by atoms with van der Waals surface area (Å²) in [4.78, 5) is 30.6. The lowest BCUT2D eigenvalue weighted by Crippen LogP contribution is -2.42. The molecule has 2 aromatic heterocycles. The minimum atomic E-state index is 0.157. The number of likely N-dealkylation sites (N-methyl/N-ethyl adjacent to an activating group) is 1. The second-order valence-electron chi connectivity index (χ2n) is 5.74. The second kappa shape index (κ2) is 7.78. The molecule has 0 unspecified atom stereocenters. The molecule has 3 rings (SSSR count). The average Bonchev–Trinajstić information content (AvgIpc) is 2.63. The van der Waals surface area contributed by atoms with E-state index in [-0.39, 0.29) is 5.91 Å². The van der Waals surface area contributed by atoms with Crippen molar-refractivity contribution in [2.24, 2.45) is 0 Å². The maximum Gasteiger partial charge on any atom is 0.236 e. The van der Waals surface area contributed by atoms with Crippen LogP contribution >= 0.6 is 0 Å². The van der Waals surface area contributed by atoms with Crippen LogP contribution in [0.2, 0.25) is 0 Å². The van der Waals surface area contributed by atoms with Gasteiger partial charge in [0.25, 0.3) is 0 Å². The topological polar surface area (TPSA) is 95.9 Å². The molecule has 3 heterocycles. The van der Waals surface area contributed by atoms with Gasteiger partial charge in [0, 0.05) is 30.9 Å². The highest BCUT2D eigenvalue weighted by atomic mass is 16.2. The Morgan fingerprint density at radius 1 is 1.29 bits per heavy atom. The fraction of sp³-hybridized carbons (Fsp3) is 0.438. The summed E-state index contributed by atoms with van der Waals surface area (Å²) in [5.41, 5.74) is 1.76. The molecule has 1 aliphatic heterocycles. The van der Waals surface area contributed by atoms with Gasteiger partial charge in [0.05, 0.1) is 24.6 Å². The fourth-order valence-electron chi connectivity index (χ4n) is 2.84. The Labute approximate surface area is 140 Å². The number of rotatable bonds is 5. The van der Waals surface area contributed by atoms with Gasteiger partial charge in [0.1, 0.15) is 6.33 Å². The molecule has 2 aromatic rings. The van der Waals surface area contributed by atoms with Crippen LogP contribution in [0.3, 0.4) is 0 Å². The van der Waals surface area contributed by atoms with E-state index < -0.39 is 0 Å². The summed E-state index contributed by atoms with van der Waals surface area (Å²) in [6.07, 6.45) is 8.42. The third-order valence-corrected chi connectivity index (χ3v) is 4.09. The maximum atomic E-state index is 11.9. The van der Waals surface area contributed by atoms with Crippen LogP contribution in [0.1, 0.15) is 24.5 Å². The first kappa shape index (κ1) is 16.3. The number of amides is 1. The normalized spacial score (nSPS) is 15.3. The first-order valence-electron chi connectivity index (χ1n) is 8.03. The van der Waals surface area contributed by atoms with Gasteiger partial charge in [-0.1, -0.05) is 0 Å². The van der Waals surface area contributed by atoms with Gasteiger partial charge in [-0.2, -0.15) is 0 Å². The molecule has 1 saturated heterocycles. The summed E-state index contributed by atoms with van der Waals surface area (Å²) in [5, 5.41) is 6.02. The number of hydrogen-bond donors (Lipinski definition) is 2. The second-order valence-corrected chi connectivity index (χ2v) is 5.74. The Balaban J connectivity index is 1.62. The van der Waals surface area contributed by atoms with E-state index in [1.807, 2.05) is 11.0 Å². The predicted octanol–water partition coefficient (Wildman–Crippen LogP) is 0.936. The van der Waals surface area contributed by atoms with E-state index >= 15 is 0 Å². The molecule has 8 nitrogen and oxygen atoms in total. The number of aromatic nitrogens is 4. The summed E-state index contributed by atoms with van der Waals surface area (Å²) in [5.74, 6) is 1.04. The number of nitrogens with zero attached hydrogens (tertiary/aromatic N) is 5. The zero-order valence-corrected chi connectivity index (χ0v) is 13.6. The van der Waals surface area contributed by atoms with Gasteiger partial charge in [-0.25, -0.2) is 19.9 Å². The molecule has 0 aliphatic carbocycles. The van der Waals surface area contributed by atoms with Crippen LogP contribution < -0.4 is 10.6 Å². The molecule has 24 heavy (non-hydrogen) atoms. The van der Waals surface area contributed by atoms with Gasteiger partial charge in [-0.3, -0.25) is 4.79 Å². The monoisotopic (exact) mass is 327 g/mol. The minimum Gasteiger partial charge on any atom is -0.342 e. The maximum absolute atomic E-state index is 11.9. The Morgan fingerprint density at radius 3 is 2.75 bits per heavy atom. The lowest BCUT2D eigenvalue weighted by molar-refractivity contribution is -0.131. The summed E-state index contributed by atoms with van der Waals surface area (Å²) < 4.78 is 0. The van der Waals surface area contributed by atoms with Gasteiger partial charge >= 0.3 is 0 Å². The van der Waals surface area contributed by atoms with E-state index in [0.29, 0.717) is 18.4 Å². The van der Waals surface area contributed by atoms with Gasteiger partial charge < -0.3 is 15.5 Å². The van der Waals surface area contributed by atoms with Gasteiger partial charge in [0.15, 0.2) is 0 Å². The van der Waals surface area contributed by atoms with Crippen LogP contribution in [0.15, 0.2) is 31.0 Å². The number of nitrogens with one attached hydrogen (secondary N) is 2. The predicted molar refractivity (Wildman–Crippen MR) is 89.8 cm³/mol. The molecule has 1 amide bonds. The lowest BCUT2D eigenvalue weighted by atomic mass is 9.93. The third kappa shape index (κ3) is 4.02. The number of piperidine rings is 1. The molecule has 0 aromatic carbocycles. The highest BCUT2D eigenvalue weighted by Crippen LogP contribution is 2.27. The summed E-state index contributed by atoms with van der Waals surface area (Å²) in [7, 11) is 1.79. The van der Waals surface area contributed by atoms with E-state index in [0.717, 1.165) is 37.3 Å². The smallest absolute Gasteiger partial charge is 0.236 e. The number of hydrogen-bond acceptors (Lipinski definition) is 7. The van der Waals surface area contributed by atoms with Crippen LogP contribution in [0.4, 0.5) is 11.6 Å². The molecule has 8 heteroatoms. The van der Waals surface area contributed by atoms with Gasteiger partial charge in [0.2, 0.25) is 11.9 Å². The molecule has 0 radical (unpaired) electrons. The molecule has 1 aliphatic rings. The van der Waals surface area contributed by atoms with Gasteiger partial charge in [-0.15, -0.1) is 0 Å². The van der Waals surface area contributed by atoms with Crippen molar-refractivity contribution < 1.29 is 4.79 Å². The summed E-state index contributed by atoms with van der Waals surface area (Å²) >= 11 is 0. The van der Waals surface area contributed by atoms with Crippen LogP contribution in [-0.2, 0) is 4.79 Å². The van der Waals surface area contributed by atoms with E-state index in [1.54, 1.807) is 25.6 Å². The minimum absolute atomic E-state index is 0.157. The quantitative estimate of drug-likeness (QED) is 0.843. The van der Waals surface area contributed by atoms with Crippen molar-refractivity contribution in [2.75, 3.05) is 32.0 Å². The Kier molecular flexibility index (Phi) is 5.27. The Morgan fingerprint density at radius 2 is 2.04 bits per heavy atom. The van der Waals surface area contributed by atoms with E-state index in [1.165, 1.54) is 6.33 Å². The molecule has 126 valence electrons. The Bertz CT molecular complexity index is 671. The fourth-order valence-corrected chi connectivity index (χ4v) is 2.84. The average molecular weight is 327 g/mol. The van der Waals surface area contributed by atoms with Crippen LogP contribution in [-0.4, -0.2) is 57.4 Å². The molecule has 0 saturated carbocycles. The summed E-state index contributed by atoms with van der Waals surface area (Å²) in [6, 6.07) is 1.95. The van der Waals surface area contributed by atoms with Crippen LogP contribution in [0.5, 0.6) is 0 Å². The first-order chi connectivity index (χ1) is 11.8. The van der Waals surface area contributed by atoms with Crippen LogP contribution in [0.25, 0.3) is 0 Å². The van der Waals surface area contributed by atoms with Crippen molar-refractivity contribution in [3.8, 4) is 0 Å². The summed E-state index contributed by atoms with van der Waals surface area (Å²) in [6.45, 7) is 1.93. The van der Waals surface area contributed by atoms with Crippen molar-refractivity contribution in [1.29, 1.82) is 0 Å². The molecule has 0 bridgehead atoms. The number of anilines is 2. The van der Waals surface area contributed by atoms with Crippen molar-refractivity contribution in [1.82, 2.24) is 30.2 Å². The zero-order chi connectivity index (χ0) is 16.8. The Hall–Kier alpha value is -2.61. The van der Waals surface area contributed by atoms with Crippen molar-refractivity contribution in [3.63, 3.8) is 0 Å². The first-order valence-corrected chi connectivity index (χ1v) is 8.03. The molecular formula is C16H21N7O. The number of likely N-dealkylation sites (tertiary alicyclic amines) is 1. The van der Waals surface area contributed by atoms with Crippen molar-refractivity contribution in [3.05, 3.63) is 36.7 Å². The third-order valence-electron chi connectivity index (χ3n) is 4.09. The number of carbonyl (C=O) groups excluding carboxylic acids is 1. The molecular weight excluding hydrogens is 306 g/mol. The molecule has 0 atom stereocenters. The van der Waals surface area contributed by atoms with Crippen LogP contribution in [0, 0.1) is 0 Å². The highest BCUT2D eigenvalue weighted by molar-refractivity contribution is 5.78. The molecule has 2 N–H and O–H groups in total. The standard InChI is InChI=1S/C16H21N7O/c1-17-10-15(24)23-6-3-12(4-7-23)14-2-5-20-16(22-14)21-13-8-18-11-19-9-13/h2,5,8-9,11-12,17H,3-4,6-7,10H2,1H3,(H,20,21,22). The highest BCUT2D eigenvalue weighted by Gasteiger charge is 2.24. The zero-order valence-electron chi connectivity index (χ0n) is 13.6. The molecule has 0 spiro atoms. The van der Waals surface area contributed by atoms with E-state index in [2.05, 4.69) is 30.6 Å². The van der Waals surface area contributed by atoms with Crippen molar-refractivity contribution >= 4 is 17.5 Å². The van der Waals surface area contributed by atoms with E-state index in [4.69, 9.17) is 0 Å². The molecule has 1 fully saturated rings. The van der Waals surface area contributed by atoms with Crippen molar-refractivity contribution in [2.45, 2.75) is 18.8 Å². The number of carbonyl (C=O) groups is 1. The SMILES string of the molecule is CNCC(=O)N1CCC(c2ccnc(Nc3cncnc3)n2)CC1. The lowest BCUT2D eigenvalue weighted by Gasteiger charge is -2.31.